The summed E-state index contributed by atoms with van der Waals surface area (Å²) in [5.41, 5.74) is 0. The van der Waals surface area contributed by atoms with Gasteiger partial charge in [0.05, 0.1) is 40.3 Å². The zero-order chi connectivity index (χ0) is 56.9. The second kappa shape index (κ2) is 57.8. The Kier molecular flexibility index (Phi) is 53.8. The van der Waals surface area contributed by atoms with Crippen LogP contribution in [0, 0.1) is 0 Å². The Bertz CT molecular complexity index is 1880. The van der Waals surface area contributed by atoms with Crippen molar-refractivity contribution in [1.82, 2.24) is 0 Å². The zero-order valence-electron chi connectivity index (χ0n) is 49.5. The van der Waals surface area contributed by atoms with Gasteiger partial charge in [-0.25, -0.2) is 0 Å². The van der Waals surface area contributed by atoms with Gasteiger partial charge in [-0.2, -0.15) is 0 Å². The molecule has 436 valence electrons. The van der Waals surface area contributed by atoms with Crippen molar-refractivity contribution in [3.8, 4) is 0 Å². The molecule has 0 heterocycles. The van der Waals surface area contributed by atoms with Crippen LogP contribution in [-0.4, -0.2) is 82.3 Å². The third-order valence-electron chi connectivity index (χ3n) is 11.7. The van der Waals surface area contributed by atoms with Gasteiger partial charge in [0, 0.05) is 12.8 Å². The molecule has 0 radical (unpaired) electrons. The Balaban J connectivity index is 4.32. The van der Waals surface area contributed by atoms with Crippen LogP contribution in [0.15, 0.2) is 170 Å². The molecule has 0 aliphatic carbocycles. The molecule has 2 atom stereocenters. The normalized spacial score (nSPS) is 14.0. The molecule has 9 nitrogen and oxygen atoms in total. The molecule has 0 saturated carbocycles. The highest BCUT2D eigenvalue weighted by Crippen LogP contribution is 2.12. The van der Waals surface area contributed by atoms with Gasteiger partial charge < -0.3 is 33.3 Å². The summed E-state index contributed by atoms with van der Waals surface area (Å²) in [5.74, 6) is -2.39. The van der Waals surface area contributed by atoms with Crippen molar-refractivity contribution in [2.45, 2.75) is 200 Å². The van der Waals surface area contributed by atoms with Crippen molar-refractivity contribution in [2.75, 3.05) is 47.5 Å². The van der Waals surface area contributed by atoms with Crippen molar-refractivity contribution in [3.63, 3.8) is 0 Å². The Morgan fingerprint density at radius 3 is 1.12 bits per heavy atom. The standard InChI is InChI=1S/C69H107NO8/c1-6-8-10-12-14-16-18-20-22-23-24-25-26-27-28-29-30-31-32-33-34-35-36-37-38-39-40-41-42-43-44-45-46-48-50-52-54-56-58-60-67(72)78-65(64-77-69(68(73)74)75-62-61-70(3,4)5)63-76-66(71)59-57-55-53-51-49-47-21-19-17-15-13-11-9-7-2/h8,10,13-16,19-22,24-25,27-28,30-31,33-34,36-37,39-40,42-43,45-46,50,52,65,69H,6-7,9,11-12,17-18,23,26,29,32,35,38,41,44,47-49,51,53-64H2,1-5H3/b10-8-,15-13-,16-14-,21-19-,22-20-,25-24-,28-27-,31-30-,34-33-,37-36-,40-39-,43-42-,46-45-,52-50-. The summed E-state index contributed by atoms with van der Waals surface area (Å²) in [6, 6.07) is 0. The molecule has 0 fully saturated rings. The monoisotopic (exact) mass is 1080 g/mol. The fraction of sp³-hybridized carbons (Fsp3) is 0.551. The average molecular weight is 1080 g/mol. The molecule has 0 N–H and O–H groups in total. The van der Waals surface area contributed by atoms with Gasteiger partial charge in [0.2, 0.25) is 0 Å². The first-order valence-corrected chi connectivity index (χ1v) is 29.8. The van der Waals surface area contributed by atoms with Crippen LogP contribution in [0.1, 0.15) is 187 Å². The van der Waals surface area contributed by atoms with Crippen molar-refractivity contribution in [2.24, 2.45) is 0 Å². The first-order chi connectivity index (χ1) is 38.1. The van der Waals surface area contributed by atoms with E-state index in [1.165, 1.54) is 12.8 Å². The number of hydrogen-bond donors (Lipinski definition) is 0. The summed E-state index contributed by atoms with van der Waals surface area (Å²) in [6.45, 7) is 4.48. The molecule has 2 unspecified atom stereocenters. The Morgan fingerprint density at radius 2 is 0.731 bits per heavy atom. The van der Waals surface area contributed by atoms with E-state index in [-0.39, 0.29) is 32.7 Å². The number of aliphatic carboxylic acids is 1. The third-order valence-corrected chi connectivity index (χ3v) is 11.7. The van der Waals surface area contributed by atoms with Gasteiger partial charge in [0.1, 0.15) is 13.2 Å². The van der Waals surface area contributed by atoms with E-state index >= 15 is 0 Å². The highest BCUT2D eigenvalue weighted by Gasteiger charge is 2.21. The van der Waals surface area contributed by atoms with Gasteiger partial charge in [-0.05, 0) is 128 Å². The maximum Gasteiger partial charge on any atom is 0.306 e. The molecular weight excluding hydrogens is 971 g/mol. The van der Waals surface area contributed by atoms with Gasteiger partial charge >= 0.3 is 11.9 Å². The molecule has 0 aromatic heterocycles. The largest absolute Gasteiger partial charge is 0.545 e. The molecule has 0 aliphatic rings. The predicted molar refractivity (Wildman–Crippen MR) is 328 cm³/mol. The van der Waals surface area contributed by atoms with Crippen LogP contribution >= 0.6 is 0 Å². The second-order valence-electron chi connectivity index (χ2n) is 20.2. The molecule has 78 heavy (non-hydrogen) atoms. The molecule has 0 bridgehead atoms. The van der Waals surface area contributed by atoms with Crippen LogP contribution in [0.25, 0.3) is 0 Å². The number of likely N-dealkylation sites (N-methyl/N-ethyl adjacent to an activating group) is 1. The van der Waals surface area contributed by atoms with E-state index in [0.717, 1.165) is 135 Å². The molecule has 0 aliphatic heterocycles. The van der Waals surface area contributed by atoms with Gasteiger partial charge in [-0.1, -0.05) is 216 Å². The van der Waals surface area contributed by atoms with Crippen LogP contribution in [0.2, 0.25) is 0 Å². The summed E-state index contributed by atoms with van der Waals surface area (Å²) in [5, 5.41) is 11.8. The number of allylic oxidation sites excluding steroid dienone is 28. The van der Waals surface area contributed by atoms with Crippen molar-refractivity contribution in [3.05, 3.63) is 170 Å². The molecule has 0 amide bonds. The number of ether oxygens (including phenoxy) is 4. The summed E-state index contributed by atoms with van der Waals surface area (Å²) in [7, 11) is 5.88. The number of unbranched alkanes of at least 4 members (excludes halogenated alkanes) is 9. The minimum Gasteiger partial charge on any atom is -0.545 e. The molecule has 0 aromatic carbocycles. The number of hydrogen-bond acceptors (Lipinski definition) is 8. The predicted octanol–water partition coefficient (Wildman–Crippen LogP) is 16.6. The maximum atomic E-state index is 12.8. The van der Waals surface area contributed by atoms with Crippen LogP contribution in [0.5, 0.6) is 0 Å². The van der Waals surface area contributed by atoms with Crippen LogP contribution < -0.4 is 5.11 Å². The number of carbonyl (C=O) groups excluding carboxylic acids is 3. The van der Waals surface area contributed by atoms with Crippen molar-refractivity contribution in [1.29, 1.82) is 0 Å². The van der Waals surface area contributed by atoms with Gasteiger partial charge in [-0.15, -0.1) is 0 Å². The summed E-state index contributed by atoms with van der Waals surface area (Å²) < 4.78 is 22.6. The van der Waals surface area contributed by atoms with E-state index in [4.69, 9.17) is 18.9 Å². The van der Waals surface area contributed by atoms with Crippen LogP contribution in [0.3, 0.4) is 0 Å². The minimum absolute atomic E-state index is 0.127. The Hall–Kier alpha value is -5.35. The lowest BCUT2D eigenvalue weighted by Gasteiger charge is -2.26. The van der Waals surface area contributed by atoms with Crippen LogP contribution in [0.4, 0.5) is 0 Å². The van der Waals surface area contributed by atoms with E-state index < -0.39 is 30.3 Å². The maximum absolute atomic E-state index is 12.8. The van der Waals surface area contributed by atoms with E-state index in [9.17, 15) is 19.5 Å². The fourth-order valence-corrected chi connectivity index (χ4v) is 7.12. The van der Waals surface area contributed by atoms with E-state index in [2.05, 4.69) is 184 Å². The number of quaternary nitrogens is 1. The number of carboxylic acid groups (broad SMARTS) is 1. The summed E-state index contributed by atoms with van der Waals surface area (Å²) >= 11 is 0. The molecule has 0 rings (SSSR count). The summed E-state index contributed by atoms with van der Waals surface area (Å²) in [4.78, 5) is 37.2. The summed E-state index contributed by atoms with van der Waals surface area (Å²) in [6.07, 6.45) is 84.2. The highest BCUT2D eigenvalue weighted by atomic mass is 16.7. The van der Waals surface area contributed by atoms with E-state index in [1.54, 1.807) is 0 Å². The lowest BCUT2D eigenvalue weighted by atomic mass is 10.1. The van der Waals surface area contributed by atoms with E-state index in [1.807, 2.05) is 21.1 Å². The first kappa shape index (κ1) is 72.7. The molecule has 0 spiro atoms. The lowest BCUT2D eigenvalue weighted by molar-refractivity contribution is -0.870. The van der Waals surface area contributed by atoms with Crippen LogP contribution in [-0.2, 0) is 33.3 Å². The van der Waals surface area contributed by atoms with Crippen molar-refractivity contribution < 1.29 is 42.9 Å². The number of carboxylic acids is 1. The SMILES string of the molecule is CC/C=C\C/C=C\C/C=C\C/C=C\C/C=C\C/C=C\C/C=C\C/C=C\C/C=C\C/C=C\C/C=C\C/C=C\CCCCC(=O)OC(COC(=O)CCCCCCC/C=C\C/C=C\CCCC)COC(OCC[N+](C)(C)C)C(=O)[O-]. The molecule has 0 aromatic rings. The first-order valence-electron chi connectivity index (χ1n) is 29.8. The zero-order valence-corrected chi connectivity index (χ0v) is 49.5. The van der Waals surface area contributed by atoms with Gasteiger partial charge in [0.15, 0.2) is 12.4 Å². The number of nitrogens with zero attached hydrogens (tertiary/aromatic N) is 1. The third kappa shape index (κ3) is 58.3. The Morgan fingerprint density at radius 1 is 0.397 bits per heavy atom. The topological polar surface area (TPSA) is 111 Å². The quantitative estimate of drug-likeness (QED) is 0.0195. The number of rotatable bonds is 52. The molecule has 0 saturated heterocycles. The number of esters is 2. The fourth-order valence-electron chi connectivity index (χ4n) is 7.12. The smallest absolute Gasteiger partial charge is 0.306 e. The van der Waals surface area contributed by atoms with Gasteiger partial charge in [0.25, 0.3) is 0 Å². The highest BCUT2D eigenvalue weighted by molar-refractivity contribution is 5.70. The molecule has 9 heteroatoms. The second-order valence-corrected chi connectivity index (χ2v) is 20.2. The number of carbonyl (C=O) groups is 3. The Labute approximate surface area is 476 Å². The average Bonchev–Trinajstić information content (AvgIpc) is 3.41. The van der Waals surface area contributed by atoms with E-state index in [0.29, 0.717) is 23.9 Å². The van der Waals surface area contributed by atoms with Gasteiger partial charge in [-0.3, -0.25) is 9.59 Å². The van der Waals surface area contributed by atoms with Crippen molar-refractivity contribution >= 4 is 17.9 Å². The lowest BCUT2D eigenvalue weighted by Crippen LogP contribution is -2.44. The minimum atomic E-state index is -1.65. The molecular formula is C69H107NO8.